The summed E-state index contributed by atoms with van der Waals surface area (Å²) in [4.78, 5) is 1.94. The zero-order valence-corrected chi connectivity index (χ0v) is 16.2. The number of thiocarbonyl (C=S) groups is 1. The van der Waals surface area contributed by atoms with Crippen LogP contribution in [0.4, 0.5) is 0 Å². The summed E-state index contributed by atoms with van der Waals surface area (Å²) < 4.78 is 34.3. The fourth-order valence-corrected chi connectivity index (χ4v) is 4.85. The van der Waals surface area contributed by atoms with Crippen LogP contribution in [0.5, 0.6) is 11.5 Å². The molecule has 0 aromatic heterocycles. The molecule has 0 radical (unpaired) electrons. The van der Waals surface area contributed by atoms with E-state index >= 15 is 0 Å². The van der Waals surface area contributed by atoms with Gasteiger partial charge in [0, 0.05) is 19.1 Å². The van der Waals surface area contributed by atoms with Gasteiger partial charge in [0.1, 0.15) is 0 Å². The Morgan fingerprint density at radius 3 is 2.68 bits per heavy atom. The van der Waals surface area contributed by atoms with E-state index in [1.165, 1.54) is 0 Å². The van der Waals surface area contributed by atoms with Gasteiger partial charge in [0.05, 0.1) is 25.7 Å². The molecule has 8 heteroatoms. The molecule has 1 heterocycles. The van der Waals surface area contributed by atoms with Crippen molar-refractivity contribution in [3.05, 3.63) is 36.4 Å². The van der Waals surface area contributed by atoms with Gasteiger partial charge in [0.25, 0.3) is 0 Å². The van der Waals surface area contributed by atoms with Crippen molar-refractivity contribution < 1.29 is 17.9 Å². The van der Waals surface area contributed by atoms with Crippen LogP contribution in [0, 0.1) is 0 Å². The molecule has 0 aliphatic carbocycles. The van der Waals surface area contributed by atoms with Crippen LogP contribution in [-0.2, 0) is 16.4 Å². The summed E-state index contributed by atoms with van der Waals surface area (Å²) in [6.45, 7) is 4.69. The SMILES string of the molecule is C=CCNC(=S)N(Cc1ccc(OC)c(OC)c1)[C@H]1CCS(=O)(=O)C1. The summed E-state index contributed by atoms with van der Waals surface area (Å²) in [6, 6.07) is 5.50. The molecule has 1 saturated heterocycles. The summed E-state index contributed by atoms with van der Waals surface area (Å²) in [5.41, 5.74) is 0.963. The zero-order valence-electron chi connectivity index (χ0n) is 14.5. The number of sulfone groups is 1. The fraction of sp³-hybridized carbons (Fsp3) is 0.471. The van der Waals surface area contributed by atoms with Crippen LogP contribution in [0.1, 0.15) is 12.0 Å². The smallest absolute Gasteiger partial charge is 0.169 e. The third-order valence-electron chi connectivity index (χ3n) is 4.11. The monoisotopic (exact) mass is 384 g/mol. The maximum Gasteiger partial charge on any atom is 0.169 e. The molecule has 0 amide bonds. The van der Waals surface area contributed by atoms with Crippen molar-refractivity contribution in [2.45, 2.75) is 19.0 Å². The zero-order chi connectivity index (χ0) is 18.4. The van der Waals surface area contributed by atoms with Crippen molar-refractivity contribution in [3.63, 3.8) is 0 Å². The number of rotatable bonds is 7. The van der Waals surface area contributed by atoms with Crippen molar-refractivity contribution in [2.24, 2.45) is 0 Å². The second-order valence-electron chi connectivity index (χ2n) is 5.85. The minimum Gasteiger partial charge on any atom is -0.493 e. The Kier molecular flexibility index (Phi) is 6.66. The predicted octanol–water partition coefficient (Wildman–Crippen LogP) is 1.75. The molecule has 1 fully saturated rings. The van der Waals surface area contributed by atoms with Crippen LogP contribution < -0.4 is 14.8 Å². The average Bonchev–Trinajstić information content (AvgIpc) is 2.96. The first-order chi connectivity index (χ1) is 11.9. The third-order valence-corrected chi connectivity index (χ3v) is 6.24. The van der Waals surface area contributed by atoms with Crippen molar-refractivity contribution in [1.82, 2.24) is 10.2 Å². The topological polar surface area (TPSA) is 67.9 Å². The van der Waals surface area contributed by atoms with Gasteiger partial charge in [0.2, 0.25) is 0 Å². The molecule has 1 N–H and O–H groups in total. The summed E-state index contributed by atoms with van der Waals surface area (Å²) in [6.07, 6.45) is 2.29. The number of hydrogen-bond donors (Lipinski definition) is 1. The van der Waals surface area contributed by atoms with Gasteiger partial charge in [-0.25, -0.2) is 8.42 Å². The summed E-state index contributed by atoms with van der Waals surface area (Å²) >= 11 is 5.48. The Hall–Kier alpha value is -1.80. The summed E-state index contributed by atoms with van der Waals surface area (Å²) in [7, 11) is 0.163. The quantitative estimate of drug-likeness (QED) is 0.567. The van der Waals surface area contributed by atoms with E-state index < -0.39 is 9.84 Å². The van der Waals surface area contributed by atoms with Crippen LogP contribution in [0.3, 0.4) is 0 Å². The Morgan fingerprint density at radius 2 is 2.12 bits per heavy atom. The number of ether oxygens (including phenoxy) is 2. The molecule has 0 bridgehead atoms. The molecular formula is C17H24N2O4S2. The van der Waals surface area contributed by atoms with E-state index in [0.717, 1.165) is 5.56 Å². The van der Waals surface area contributed by atoms with Gasteiger partial charge in [0.15, 0.2) is 26.4 Å². The number of benzene rings is 1. The van der Waals surface area contributed by atoms with E-state index in [0.29, 0.717) is 36.1 Å². The number of hydrogen-bond acceptors (Lipinski definition) is 5. The Balaban J connectivity index is 2.23. The van der Waals surface area contributed by atoms with Crippen LogP contribution in [0.2, 0.25) is 0 Å². The Bertz CT molecular complexity index is 734. The predicted molar refractivity (Wildman–Crippen MR) is 103 cm³/mol. The molecule has 1 aliphatic heterocycles. The Labute approximate surface area is 154 Å². The van der Waals surface area contributed by atoms with E-state index in [1.54, 1.807) is 20.3 Å². The molecule has 25 heavy (non-hydrogen) atoms. The lowest BCUT2D eigenvalue weighted by Crippen LogP contribution is -2.46. The molecule has 0 spiro atoms. The van der Waals surface area contributed by atoms with Gasteiger partial charge in [-0.3, -0.25) is 0 Å². The summed E-state index contributed by atoms with van der Waals surface area (Å²) in [5.74, 6) is 1.60. The normalized spacial score (nSPS) is 18.4. The second-order valence-corrected chi connectivity index (χ2v) is 8.46. The van der Waals surface area contributed by atoms with E-state index in [1.807, 2.05) is 23.1 Å². The minimum absolute atomic E-state index is 0.121. The van der Waals surface area contributed by atoms with Gasteiger partial charge in [-0.2, -0.15) is 0 Å². The Morgan fingerprint density at radius 1 is 1.40 bits per heavy atom. The highest BCUT2D eigenvalue weighted by molar-refractivity contribution is 7.91. The van der Waals surface area contributed by atoms with Crippen molar-refractivity contribution >= 4 is 27.2 Å². The van der Waals surface area contributed by atoms with Crippen molar-refractivity contribution in [1.29, 1.82) is 0 Å². The van der Waals surface area contributed by atoms with E-state index in [9.17, 15) is 8.42 Å². The maximum atomic E-state index is 11.9. The van der Waals surface area contributed by atoms with Crippen LogP contribution in [0.15, 0.2) is 30.9 Å². The molecule has 0 saturated carbocycles. The molecule has 0 unspecified atom stereocenters. The van der Waals surface area contributed by atoms with Gasteiger partial charge in [-0.05, 0) is 36.3 Å². The standard InChI is InChI=1S/C17H24N2O4S2/c1-4-8-18-17(24)19(14-7-9-25(20,21)12-14)11-13-5-6-15(22-2)16(10-13)23-3/h4-6,10,14H,1,7-9,11-12H2,2-3H3,(H,18,24)/t14-/m0/s1. The lowest BCUT2D eigenvalue weighted by atomic mass is 10.1. The van der Waals surface area contributed by atoms with Crippen LogP contribution in [0.25, 0.3) is 0 Å². The van der Waals surface area contributed by atoms with E-state index in [4.69, 9.17) is 21.7 Å². The highest BCUT2D eigenvalue weighted by atomic mass is 32.2. The molecule has 2 rings (SSSR count). The van der Waals surface area contributed by atoms with Gasteiger partial charge >= 0.3 is 0 Å². The number of nitrogens with zero attached hydrogens (tertiary/aromatic N) is 1. The largest absolute Gasteiger partial charge is 0.493 e. The van der Waals surface area contributed by atoms with Gasteiger partial charge < -0.3 is 19.7 Å². The van der Waals surface area contributed by atoms with E-state index in [-0.39, 0.29) is 17.5 Å². The molecule has 1 aliphatic rings. The maximum absolute atomic E-state index is 11.9. The van der Waals surface area contributed by atoms with Gasteiger partial charge in [-0.1, -0.05) is 12.1 Å². The molecule has 138 valence electrons. The van der Waals surface area contributed by atoms with Gasteiger partial charge in [-0.15, -0.1) is 6.58 Å². The van der Waals surface area contributed by atoms with Crippen molar-refractivity contribution in [2.75, 3.05) is 32.3 Å². The fourth-order valence-electron chi connectivity index (χ4n) is 2.82. The first-order valence-electron chi connectivity index (χ1n) is 7.97. The highest BCUT2D eigenvalue weighted by Gasteiger charge is 2.33. The van der Waals surface area contributed by atoms with Crippen LogP contribution >= 0.6 is 12.2 Å². The minimum atomic E-state index is -3.00. The third kappa shape index (κ3) is 5.09. The molecule has 1 aromatic carbocycles. The summed E-state index contributed by atoms with van der Waals surface area (Å²) in [5, 5.41) is 3.62. The van der Waals surface area contributed by atoms with E-state index in [2.05, 4.69) is 11.9 Å². The highest BCUT2D eigenvalue weighted by Crippen LogP contribution is 2.29. The lowest BCUT2D eigenvalue weighted by molar-refractivity contribution is 0.321. The molecule has 6 nitrogen and oxygen atoms in total. The van der Waals surface area contributed by atoms with Crippen molar-refractivity contribution in [3.8, 4) is 11.5 Å². The first kappa shape index (κ1) is 19.5. The average molecular weight is 385 g/mol. The molecule has 1 atom stereocenters. The lowest BCUT2D eigenvalue weighted by Gasteiger charge is -2.31. The second kappa shape index (κ2) is 8.53. The van der Waals surface area contributed by atoms with Crippen LogP contribution in [-0.4, -0.2) is 56.7 Å². The first-order valence-corrected chi connectivity index (χ1v) is 10.2. The number of methoxy groups -OCH3 is 2. The number of nitrogens with one attached hydrogen (secondary N) is 1. The molecular weight excluding hydrogens is 360 g/mol. The molecule has 1 aromatic rings.